The predicted octanol–water partition coefficient (Wildman–Crippen LogP) is 2.10. The molecule has 0 aliphatic heterocycles. The highest BCUT2D eigenvalue weighted by molar-refractivity contribution is 5.43. The average Bonchev–Trinajstić information content (AvgIpc) is 2.39. The first kappa shape index (κ1) is 16.4. The molecule has 20 heavy (non-hydrogen) atoms. The summed E-state index contributed by atoms with van der Waals surface area (Å²) in [7, 11) is 0. The number of non-ortho nitro benzene ring substituents is 1. The van der Waals surface area contributed by atoms with Crippen molar-refractivity contribution in [1.29, 1.82) is 0 Å². The Balaban J connectivity index is 2.77. The van der Waals surface area contributed by atoms with E-state index < -0.39 is 4.92 Å². The fraction of sp³-hybridized carbons (Fsp3) is 0.571. The first-order chi connectivity index (χ1) is 9.54. The smallest absolute Gasteiger partial charge is 0.270 e. The molecule has 0 saturated carbocycles. The van der Waals surface area contributed by atoms with Crippen molar-refractivity contribution in [2.24, 2.45) is 5.92 Å². The van der Waals surface area contributed by atoms with Crippen LogP contribution in [0.3, 0.4) is 0 Å². The Labute approximate surface area is 118 Å². The van der Waals surface area contributed by atoms with Crippen LogP contribution >= 0.6 is 0 Å². The van der Waals surface area contributed by atoms with E-state index in [4.69, 9.17) is 9.84 Å². The van der Waals surface area contributed by atoms with Gasteiger partial charge in [0.15, 0.2) is 0 Å². The van der Waals surface area contributed by atoms with E-state index in [1.807, 2.05) is 0 Å². The molecule has 1 aromatic rings. The molecule has 0 unspecified atom stereocenters. The second-order valence-electron chi connectivity index (χ2n) is 5.00. The van der Waals surface area contributed by atoms with Crippen LogP contribution in [-0.4, -0.2) is 29.8 Å². The maximum atomic E-state index is 10.8. The third-order valence-electron chi connectivity index (χ3n) is 2.68. The van der Waals surface area contributed by atoms with Gasteiger partial charge in [-0.05, 0) is 18.5 Å². The molecule has 0 fully saturated rings. The van der Waals surface area contributed by atoms with Crippen LogP contribution in [-0.2, 0) is 6.54 Å². The van der Waals surface area contributed by atoms with Gasteiger partial charge in [-0.15, -0.1) is 0 Å². The highest BCUT2D eigenvalue weighted by Crippen LogP contribution is 2.24. The number of nitrogens with zero attached hydrogens (tertiary/aromatic N) is 1. The van der Waals surface area contributed by atoms with E-state index >= 15 is 0 Å². The summed E-state index contributed by atoms with van der Waals surface area (Å²) in [5.41, 5.74) is 0.818. The zero-order valence-corrected chi connectivity index (χ0v) is 12.0. The Kier molecular flexibility index (Phi) is 6.97. The molecule has 0 bridgehead atoms. The number of rotatable bonds is 9. The molecule has 0 amide bonds. The highest BCUT2D eigenvalue weighted by Gasteiger charge is 2.11. The number of ether oxygens (including phenoxy) is 1. The van der Waals surface area contributed by atoms with Crippen LogP contribution in [0.5, 0.6) is 5.75 Å². The Morgan fingerprint density at radius 1 is 1.45 bits per heavy atom. The predicted molar refractivity (Wildman–Crippen MR) is 76.8 cm³/mol. The number of nitro benzene ring substituents is 1. The molecule has 112 valence electrons. The molecule has 0 spiro atoms. The van der Waals surface area contributed by atoms with E-state index in [9.17, 15) is 10.1 Å². The van der Waals surface area contributed by atoms with Gasteiger partial charge in [0.05, 0.1) is 11.5 Å². The van der Waals surface area contributed by atoms with Crippen molar-refractivity contribution in [2.45, 2.75) is 26.8 Å². The first-order valence-corrected chi connectivity index (χ1v) is 6.76. The van der Waals surface area contributed by atoms with Gasteiger partial charge in [-0.25, -0.2) is 0 Å². The van der Waals surface area contributed by atoms with Crippen molar-refractivity contribution in [2.75, 3.05) is 19.8 Å². The summed E-state index contributed by atoms with van der Waals surface area (Å²) < 4.78 is 5.55. The van der Waals surface area contributed by atoms with Crippen molar-refractivity contribution < 1.29 is 14.8 Å². The summed E-state index contributed by atoms with van der Waals surface area (Å²) in [6, 6.07) is 4.57. The second kappa shape index (κ2) is 8.50. The Hall–Kier alpha value is -1.66. The van der Waals surface area contributed by atoms with E-state index in [0.717, 1.165) is 12.1 Å². The van der Waals surface area contributed by atoms with Crippen LogP contribution in [0.25, 0.3) is 0 Å². The van der Waals surface area contributed by atoms with Crippen LogP contribution in [0.15, 0.2) is 18.2 Å². The number of hydrogen-bond donors (Lipinski definition) is 2. The van der Waals surface area contributed by atoms with E-state index in [2.05, 4.69) is 19.2 Å². The number of nitrogens with one attached hydrogen (secondary N) is 1. The number of aliphatic hydroxyl groups excluding tert-OH is 1. The van der Waals surface area contributed by atoms with Gasteiger partial charge >= 0.3 is 0 Å². The largest absolute Gasteiger partial charge is 0.493 e. The number of aliphatic hydroxyl groups is 1. The summed E-state index contributed by atoms with van der Waals surface area (Å²) in [5.74, 6) is 1.13. The van der Waals surface area contributed by atoms with Gasteiger partial charge < -0.3 is 15.2 Å². The topological polar surface area (TPSA) is 84.6 Å². The molecule has 0 radical (unpaired) electrons. The average molecular weight is 282 g/mol. The normalized spacial score (nSPS) is 10.8. The van der Waals surface area contributed by atoms with Crippen LogP contribution in [0.2, 0.25) is 0 Å². The molecule has 0 aromatic heterocycles. The minimum atomic E-state index is -0.413. The van der Waals surface area contributed by atoms with Crippen molar-refractivity contribution in [3.8, 4) is 5.75 Å². The third-order valence-corrected chi connectivity index (χ3v) is 2.68. The molecule has 6 heteroatoms. The molecule has 0 heterocycles. The quantitative estimate of drug-likeness (QED) is 0.411. The summed E-state index contributed by atoms with van der Waals surface area (Å²) in [4.78, 5) is 10.4. The lowest BCUT2D eigenvalue weighted by Crippen LogP contribution is -2.19. The fourth-order valence-corrected chi connectivity index (χ4v) is 1.70. The van der Waals surface area contributed by atoms with Crippen molar-refractivity contribution >= 4 is 5.69 Å². The van der Waals surface area contributed by atoms with Crippen LogP contribution in [0.1, 0.15) is 25.8 Å². The van der Waals surface area contributed by atoms with Crippen molar-refractivity contribution in [3.63, 3.8) is 0 Å². The van der Waals surface area contributed by atoms with E-state index in [-0.39, 0.29) is 12.3 Å². The molecule has 0 saturated heterocycles. The SMILES string of the molecule is CC(C)CNCc1cc([N+](=O)[O-])ccc1OCCCO. The molecule has 0 atom stereocenters. The summed E-state index contributed by atoms with van der Waals surface area (Å²) in [6.07, 6.45) is 0.538. The second-order valence-corrected chi connectivity index (χ2v) is 5.00. The Morgan fingerprint density at radius 2 is 2.20 bits per heavy atom. The van der Waals surface area contributed by atoms with Gasteiger partial charge in [0, 0.05) is 37.3 Å². The van der Waals surface area contributed by atoms with E-state index in [0.29, 0.717) is 31.2 Å². The molecule has 6 nitrogen and oxygen atoms in total. The first-order valence-electron chi connectivity index (χ1n) is 6.76. The minimum absolute atomic E-state index is 0.0563. The van der Waals surface area contributed by atoms with Crippen molar-refractivity contribution in [3.05, 3.63) is 33.9 Å². The highest BCUT2D eigenvalue weighted by atomic mass is 16.6. The molecular weight excluding hydrogens is 260 g/mol. The molecule has 1 rings (SSSR count). The number of nitro groups is 1. The lowest BCUT2D eigenvalue weighted by atomic mass is 10.1. The zero-order valence-electron chi connectivity index (χ0n) is 12.0. The molecule has 0 aliphatic rings. The molecule has 2 N–H and O–H groups in total. The van der Waals surface area contributed by atoms with Crippen LogP contribution in [0.4, 0.5) is 5.69 Å². The Morgan fingerprint density at radius 3 is 2.80 bits per heavy atom. The van der Waals surface area contributed by atoms with Gasteiger partial charge in [0.25, 0.3) is 5.69 Å². The fourth-order valence-electron chi connectivity index (χ4n) is 1.70. The minimum Gasteiger partial charge on any atom is -0.493 e. The van der Waals surface area contributed by atoms with Gasteiger partial charge in [-0.1, -0.05) is 13.8 Å². The van der Waals surface area contributed by atoms with Crippen LogP contribution in [0, 0.1) is 16.0 Å². The Bertz CT molecular complexity index is 435. The number of benzene rings is 1. The third kappa shape index (κ3) is 5.54. The standard InChI is InChI=1S/C14H22N2O4/c1-11(2)9-15-10-12-8-13(16(18)19)4-5-14(12)20-7-3-6-17/h4-5,8,11,15,17H,3,6-7,9-10H2,1-2H3. The molecule has 0 aliphatic carbocycles. The lowest BCUT2D eigenvalue weighted by molar-refractivity contribution is -0.384. The van der Waals surface area contributed by atoms with Gasteiger partial charge in [-0.3, -0.25) is 10.1 Å². The molecule has 1 aromatic carbocycles. The summed E-state index contributed by atoms with van der Waals surface area (Å²) in [6.45, 7) is 6.00. The monoisotopic (exact) mass is 282 g/mol. The lowest BCUT2D eigenvalue weighted by Gasteiger charge is -2.13. The van der Waals surface area contributed by atoms with Gasteiger partial charge in [0.1, 0.15) is 5.75 Å². The van der Waals surface area contributed by atoms with E-state index in [1.54, 1.807) is 6.07 Å². The van der Waals surface area contributed by atoms with Gasteiger partial charge in [0.2, 0.25) is 0 Å². The van der Waals surface area contributed by atoms with E-state index in [1.165, 1.54) is 12.1 Å². The van der Waals surface area contributed by atoms with Gasteiger partial charge in [-0.2, -0.15) is 0 Å². The number of hydrogen-bond acceptors (Lipinski definition) is 5. The zero-order chi connectivity index (χ0) is 15.0. The summed E-state index contributed by atoms with van der Waals surface area (Å²) >= 11 is 0. The summed E-state index contributed by atoms with van der Waals surface area (Å²) in [5, 5.41) is 22.8. The maximum absolute atomic E-state index is 10.8. The van der Waals surface area contributed by atoms with Crippen LogP contribution < -0.4 is 10.1 Å². The van der Waals surface area contributed by atoms with Crippen molar-refractivity contribution in [1.82, 2.24) is 5.32 Å². The maximum Gasteiger partial charge on any atom is 0.270 e. The molecular formula is C14H22N2O4.